The van der Waals surface area contributed by atoms with E-state index in [1.54, 1.807) is 25.4 Å². The quantitative estimate of drug-likeness (QED) is 0.413. The zero-order valence-corrected chi connectivity index (χ0v) is 19.6. The topological polar surface area (TPSA) is 106 Å². The molecule has 2 aromatic carbocycles. The van der Waals surface area contributed by atoms with E-state index in [2.05, 4.69) is 20.3 Å². The van der Waals surface area contributed by atoms with Gasteiger partial charge in [0.2, 0.25) is 5.91 Å². The predicted octanol–water partition coefficient (Wildman–Crippen LogP) is 4.64. The Bertz CT molecular complexity index is 1350. The Morgan fingerprint density at radius 2 is 1.94 bits per heavy atom. The zero-order chi connectivity index (χ0) is 23.5. The first kappa shape index (κ1) is 22.5. The molecule has 0 bridgehead atoms. The van der Waals surface area contributed by atoms with Crippen LogP contribution < -0.4 is 14.8 Å². The van der Waals surface area contributed by atoms with Crippen LogP contribution in [0.5, 0.6) is 17.2 Å². The molecule has 0 fully saturated rings. The molecule has 1 unspecified atom stereocenters. The second-order valence-corrected chi connectivity index (χ2v) is 8.91. The Balaban J connectivity index is 1.67. The summed E-state index contributed by atoms with van der Waals surface area (Å²) in [4.78, 5) is 23.8. The van der Waals surface area contributed by atoms with Crippen molar-refractivity contribution in [1.82, 2.24) is 15.0 Å². The molecule has 0 aliphatic carbocycles. The number of H-pyrrole nitrogens is 1. The molecule has 0 saturated carbocycles. The van der Waals surface area contributed by atoms with Gasteiger partial charge in [-0.05, 0) is 32.0 Å². The first-order valence-electron chi connectivity index (χ1n) is 10.3. The molecule has 0 aliphatic rings. The van der Waals surface area contributed by atoms with Gasteiger partial charge in [-0.2, -0.15) is 0 Å². The number of para-hydroxylation sites is 1. The van der Waals surface area contributed by atoms with E-state index in [1.807, 2.05) is 44.2 Å². The van der Waals surface area contributed by atoms with Crippen molar-refractivity contribution in [3.63, 3.8) is 0 Å². The van der Waals surface area contributed by atoms with Gasteiger partial charge in [0.1, 0.15) is 11.5 Å². The molecule has 2 heterocycles. The van der Waals surface area contributed by atoms with E-state index >= 15 is 0 Å². The number of rotatable bonds is 7. The molecule has 4 aromatic rings. The van der Waals surface area contributed by atoms with E-state index in [9.17, 15) is 9.00 Å². The van der Waals surface area contributed by atoms with Crippen LogP contribution in [-0.4, -0.2) is 32.2 Å². The number of fused-ring (bicyclic) bond motifs is 1. The summed E-state index contributed by atoms with van der Waals surface area (Å²) in [6, 6.07) is 12.7. The summed E-state index contributed by atoms with van der Waals surface area (Å²) in [5, 5.41) is 3.09. The van der Waals surface area contributed by atoms with Gasteiger partial charge in [-0.15, -0.1) is 0 Å². The van der Waals surface area contributed by atoms with E-state index in [4.69, 9.17) is 9.47 Å². The SMILES string of the molecule is COc1c(C)cnc(CS(=O)c2nc3cc(Oc4ccccc4)c(NC(C)=O)cc3[nH]2)c1C. The molecule has 1 atom stereocenters. The van der Waals surface area contributed by atoms with E-state index in [0.717, 1.165) is 16.9 Å². The second kappa shape index (κ2) is 9.41. The number of imidazole rings is 1. The van der Waals surface area contributed by atoms with Crippen molar-refractivity contribution in [2.24, 2.45) is 0 Å². The molecule has 0 spiro atoms. The normalized spacial score (nSPS) is 11.9. The summed E-state index contributed by atoms with van der Waals surface area (Å²) < 4.78 is 24.5. The maximum atomic E-state index is 13.1. The van der Waals surface area contributed by atoms with Gasteiger partial charge in [0.15, 0.2) is 10.9 Å². The standard InChI is InChI=1S/C24H24N4O4S/c1-14-12-25-21(15(2)23(14)31-4)13-33(30)24-27-18-10-20(26-16(3)29)22(11-19(18)28-24)32-17-8-6-5-7-9-17/h5-12H,13H2,1-4H3,(H,26,29)(H,27,28). The van der Waals surface area contributed by atoms with Crippen molar-refractivity contribution < 1.29 is 18.5 Å². The highest BCUT2D eigenvalue weighted by molar-refractivity contribution is 7.84. The van der Waals surface area contributed by atoms with Crippen molar-refractivity contribution >= 4 is 33.4 Å². The third-order valence-corrected chi connectivity index (χ3v) is 6.24. The van der Waals surface area contributed by atoms with Gasteiger partial charge < -0.3 is 19.8 Å². The predicted molar refractivity (Wildman–Crippen MR) is 127 cm³/mol. The van der Waals surface area contributed by atoms with E-state index in [1.165, 1.54) is 6.92 Å². The Morgan fingerprint density at radius 1 is 1.18 bits per heavy atom. The number of aromatic nitrogens is 3. The van der Waals surface area contributed by atoms with Crippen LogP contribution >= 0.6 is 0 Å². The van der Waals surface area contributed by atoms with E-state index < -0.39 is 10.8 Å². The van der Waals surface area contributed by atoms with Crippen molar-refractivity contribution in [1.29, 1.82) is 0 Å². The van der Waals surface area contributed by atoms with Crippen molar-refractivity contribution in [3.05, 3.63) is 65.5 Å². The van der Waals surface area contributed by atoms with Crippen LogP contribution in [0.3, 0.4) is 0 Å². The lowest BCUT2D eigenvalue weighted by atomic mass is 10.1. The number of amides is 1. The summed E-state index contributed by atoms with van der Waals surface area (Å²) in [7, 11) is 0.139. The fourth-order valence-corrected chi connectivity index (χ4v) is 4.62. The number of aryl methyl sites for hydroxylation is 1. The van der Waals surface area contributed by atoms with Gasteiger partial charge >= 0.3 is 0 Å². The third-order valence-electron chi connectivity index (χ3n) is 5.08. The molecular weight excluding hydrogens is 440 g/mol. The van der Waals surface area contributed by atoms with Crippen molar-refractivity contribution in [2.75, 3.05) is 12.4 Å². The molecular formula is C24H24N4O4S. The number of hydrogen-bond acceptors (Lipinski definition) is 6. The fraction of sp³-hybridized carbons (Fsp3) is 0.208. The first-order chi connectivity index (χ1) is 15.9. The van der Waals surface area contributed by atoms with Crippen LogP contribution in [0.15, 0.2) is 53.8 Å². The number of nitrogens with one attached hydrogen (secondary N) is 2. The highest BCUT2D eigenvalue weighted by Crippen LogP contribution is 2.34. The van der Waals surface area contributed by atoms with Gasteiger partial charge in [0, 0.05) is 30.3 Å². The van der Waals surface area contributed by atoms with Crippen LogP contribution in [-0.2, 0) is 21.3 Å². The Hall–Kier alpha value is -3.72. The molecule has 2 N–H and O–H groups in total. The third kappa shape index (κ3) is 4.88. The van der Waals surface area contributed by atoms with Crippen LogP contribution in [0.25, 0.3) is 11.0 Å². The average molecular weight is 465 g/mol. The summed E-state index contributed by atoms with van der Waals surface area (Å²) >= 11 is 0. The van der Waals surface area contributed by atoms with Crippen molar-refractivity contribution in [3.8, 4) is 17.2 Å². The number of methoxy groups -OCH3 is 1. The number of aromatic amines is 1. The molecule has 33 heavy (non-hydrogen) atoms. The summed E-state index contributed by atoms with van der Waals surface area (Å²) in [6.07, 6.45) is 1.71. The number of anilines is 1. The maximum Gasteiger partial charge on any atom is 0.221 e. The number of pyridine rings is 1. The van der Waals surface area contributed by atoms with Crippen LogP contribution in [0.1, 0.15) is 23.7 Å². The van der Waals surface area contributed by atoms with Gasteiger partial charge in [0.05, 0.1) is 46.1 Å². The Kier molecular flexibility index (Phi) is 6.41. The molecule has 8 nitrogen and oxygen atoms in total. The minimum absolute atomic E-state index is 0.189. The molecule has 2 aromatic heterocycles. The minimum atomic E-state index is -1.47. The number of hydrogen-bond donors (Lipinski definition) is 2. The van der Waals surface area contributed by atoms with Gasteiger partial charge in [0.25, 0.3) is 0 Å². The fourth-order valence-electron chi connectivity index (χ4n) is 3.52. The van der Waals surface area contributed by atoms with Crippen molar-refractivity contribution in [2.45, 2.75) is 31.7 Å². The zero-order valence-electron chi connectivity index (χ0n) is 18.8. The largest absolute Gasteiger partial charge is 0.496 e. The molecule has 170 valence electrons. The summed E-state index contributed by atoms with van der Waals surface area (Å²) in [5.74, 6) is 1.76. The Morgan fingerprint density at radius 3 is 2.64 bits per heavy atom. The highest BCUT2D eigenvalue weighted by atomic mass is 32.2. The molecule has 0 aliphatic heterocycles. The molecule has 0 radical (unpaired) electrons. The highest BCUT2D eigenvalue weighted by Gasteiger charge is 2.18. The van der Waals surface area contributed by atoms with Crippen LogP contribution in [0.2, 0.25) is 0 Å². The molecule has 9 heteroatoms. The average Bonchev–Trinajstić information content (AvgIpc) is 3.19. The lowest BCUT2D eigenvalue weighted by Gasteiger charge is -2.11. The van der Waals surface area contributed by atoms with Gasteiger partial charge in [-0.3, -0.25) is 14.0 Å². The number of carbonyl (C=O) groups excluding carboxylic acids is 1. The molecule has 0 saturated heterocycles. The number of ether oxygens (including phenoxy) is 2. The van der Waals surface area contributed by atoms with Crippen LogP contribution in [0.4, 0.5) is 5.69 Å². The second-order valence-electron chi connectivity index (χ2n) is 7.54. The van der Waals surface area contributed by atoms with Crippen LogP contribution in [0, 0.1) is 13.8 Å². The van der Waals surface area contributed by atoms with E-state index in [0.29, 0.717) is 39.1 Å². The number of carbonyl (C=O) groups is 1. The first-order valence-corrected chi connectivity index (χ1v) is 11.6. The monoisotopic (exact) mass is 464 g/mol. The number of nitrogens with zero attached hydrogens (tertiary/aromatic N) is 2. The number of benzene rings is 2. The lowest BCUT2D eigenvalue weighted by Crippen LogP contribution is -2.07. The van der Waals surface area contributed by atoms with Gasteiger partial charge in [-0.1, -0.05) is 18.2 Å². The maximum absolute atomic E-state index is 13.1. The minimum Gasteiger partial charge on any atom is -0.496 e. The lowest BCUT2D eigenvalue weighted by molar-refractivity contribution is -0.114. The summed E-state index contributed by atoms with van der Waals surface area (Å²) in [6.45, 7) is 5.24. The molecule has 1 amide bonds. The Labute approximate surface area is 193 Å². The summed E-state index contributed by atoms with van der Waals surface area (Å²) in [5.41, 5.74) is 4.15. The van der Waals surface area contributed by atoms with Gasteiger partial charge in [-0.25, -0.2) is 4.98 Å². The van der Waals surface area contributed by atoms with E-state index in [-0.39, 0.29) is 11.7 Å². The molecule has 4 rings (SSSR count). The smallest absolute Gasteiger partial charge is 0.221 e.